The summed E-state index contributed by atoms with van der Waals surface area (Å²) in [7, 11) is 0. The van der Waals surface area contributed by atoms with E-state index in [-0.39, 0.29) is 23.6 Å². The Morgan fingerprint density at radius 2 is 1.62 bits per heavy atom. The highest BCUT2D eigenvalue weighted by Gasteiger charge is 2.30. The lowest BCUT2D eigenvalue weighted by Crippen LogP contribution is -2.52. The summed E-state index contributed by atoms with van der Waals surface area (Å²) >= 11 is 17.1. The molecule has 3 aromatic carbocycles. The van der Waals surface area contributed by atoms with Crippen LogP contribution in [-0.2, 0) is 28.3 Å². The molecule has 0 saturated carbocycles. The molecule has 3 rings (SSSR count). The van der Waals surface area contributed by atoms with Gasteiger partial charge in [-0.15, -0.1) is 11.8 Å². The topological polar surface area (TPSA) is 49.4 Å². The van der Waals surface area contributed by atoms with Crippen molar-refractivity contribution < 1.29 is 9.59 Å². The van der Waals surface area contributed by atoms with Crippen LogP contribution in [0, 0.1) is 0 Å². The summed E-state index contributed by atoms with van der Waals surface area (Å²) in [5.74, 6) is 0.613. The zero-order chi connectivity index (χ0) is 26.8. The number of hydrogen-bond acceptors (Lipinski definition) is 3. The Hall–Kier alpha value is -1.99. The van der Waals surface area contributed by atoms with Crippen LogP contribution >= 0.6 is 50.9 Å². The van der Waals surface area contributed by atoms with E-state index in [4.69, 9.17) is 23.2 Å². The molecule has 0 aliphatic heterocycles. The number of nitrogens with one attached hydrogen (secondary N) is 1. The Kier molecular flexibility index (Phi) is 11.8. The lowest BCUT2D eigenvalue weighted by Gasteiger charge is -2.32. The average molecular weight is 622 g/mol. The molecule has 0 aliphatic carbocycles. The molecule has 0 fully saturated rings. The van der Waals surface area contributed by atoms with Crippen molar-refractivity contribution in [1.82, 2.24) is 10.2 Å². The average Bonchev–Trinajstić information content (AvgIpc) is 2.89. The number of benzene rings is 3. The predicted molar refractivity (Wildman–Crippen MR) is 159 cm³/mol. The second-order valence-corrected chi connectivity index (χ2v) is 11.6. The van der Waals surface area contributed by atoms with Gasteiger partial charge in [0.15, 0.2) is 0 Å². The van der Waals surface area contributed by atoms with E-state index in [1.807, 2.05) is 80.6 Å². The van der Waals surface area contributed by atoms with Gasteiger partial charge in [-0.2, -0.15) is 0 Å². The Morgan fingerprint density at radius 3 is 2.27 bits per heavy atom. The second kappa shape index (κ2) is 14.8. The van der Waals surface area contributed by atoms with Crippen LogP contribution in [-0.4, -0.2) is 34.6 Å². The first-order valence-corrected chi connectivity index (χ1v) is 14.9. The van der Waals surface area contributed by atoms with Gasteiger partial charge in [0, 0.05) is 29.2 Å². The fourth-order valence-electron chi connectivity index (χ4n) is 3.75. The van der Waals surface area contributed by atoms with Crippen LogP contribution < -0.4 is 5.32 Å². The molecule has 196 valence electrons. The van der Waals surface area contributed by atoms with Gasteiger partial charge >= 0.3 is 0 Å². The standard InChI is InChI=1S/C29H31BrCl2N2O2S/c1-3-20(2)33-29(36)27(16-21-7-5-4-6-8-21)34(17-22-9-12-24(30)13-10-22)28(35)19-37-18-23-11-14-25(31)26(32)15-23/h4-15,20,27H,3,16-19H2,1-2H3,(H,33,36)/t20-,27-/m0/s1. The van der Waals surface area contributed by atoms with Gasteiger partial charge < -0.3 is 10.2 Å². The molecule has 1 N–H and O–H groups in total. The summed E-state index contributed by atoms with van der Waals surface area (Å²) in [4.78, 5) is 28.9. The van der Waals surface area contributed by atoms with Crippen molar-refractivity contribution in [2.45, 2.75) is 51.1 Å². The number of carbonyl (C=O) groups excluding carboxylic acids is 2. The summed E-state index contributed by atoms with van der Waals surface area (Å²) < 4.78 is 0.960. The van der Waals surface area contributed by atoms with Crippen LogP contribution in [0.1, 0.15) is 37.0 Å². The number of thioether (sulfide) groups is 1. The summed E-state index contributed by atoms with van der Waals surface area (Å²) in [6.07, 6.45) is 1.24. The fraction of sp³-hybridized carbons (Fsp3) is 0.310. The highest BCUT2D eigenvalue weighted by Crippen LogP contribution is 2.25. The van der Waals surface area contributed by atoms with Gasteiger partial charge in [0.1, 0.15) is 6.04 Å². The van der Waals surface area contributed by atoms with E-state index in [1.165, 1.54) is 11.8 Å². The molecule has 0 aliphatic rings. The first-order chi connectivity index (χ1) is 17.8. The minimum atomic E-state index is -0.641. The Bertz CT molecular complexity index is 1180. The number of nitrogens with zero attached hydrogens (tertiary/aromatic N) is 1. The van der Waals surface area contributed by atoms with Crippen LogP contribution in [0.15, 0.2) is 77.3 Å². The van der Waals surface area contributed by atoms with E-state index in [2.05, 4.69) is 21.2 Å². The zero-order valence-electron chi connectivity index (χ0n) is 20.9. The molecular formula is C29H31BrCl2N2O2S. The Labute approximate surface area is 242 Å². The number of amides is 2. The third-order valence-corrected chi connectivity index (χ3v) is 8.27. The predicted octanol–water partition coefficient (Wildman–Crippen LogP) is 7.54. The highest BCUT2D eigenvalue weighted by molar-refractivity contribution is 9.10. The minimum absolute atomic E-state index is 0.0134. The van der Waals surface area contributed by atoms with Crippen molar-refractivity contribution in [3.05, 3.63) is 104 Å². The summed E-state index contributed by atoms with van der Waals surface area (Å²) in [5, 5.41) is 4.10. The van der Waals surface area contributed by atoms with Crippen molar-refractivity contribution in [1.29, 1.82) is 0 Å². The van der Waals surface area contributed by atoms with Gasteiger partial charge in [0.05, 0.1) is 15.8 Å². The van der Waals surface area contributed by atoms with Crippen LogP contribution in [0.3, 0.4) is 0 Å². The molecule has 37 heavy (non-hydrogen) atoms. The van der Waals surface area contributed by atoms with Crippen molar-refractivity contribution >= 4 is 62.7 Å². The monoisotopic (exact) mass is 620 g/mol. The molecule has 0 heterocycles. The quantitative estimate of drug-likeness (QED) is 0.227. The number of hydrogen-bond donors (Lipinski definition) is 1. The molecule has 0 aromatic heterocycles. The molecule has 2 amide bonds. The van der Waals surface area contributed by atoms with Crippen molar-refractivity contribution in [3.8, 4) is 0 Å². The third-order valence-electron chi connectivity index (χ3n) is 6.02. The molecular weight excluding hydrogens is 591 g/mol. The van der Waals surface area contributed by atoms with Crippen LogP contribution in [0.25, 0.3) is 0 Å². The first kappa shape index (κ1) is 29.6. The first-order valence-electron chi connectivity index (χ1n) is 12.2. The molecule has 0 radical (unpaired) electrons. The van der Waals surface area contributed by atoms with E-state index in [0.717, 1.165) is 27.6 Å². The van der Waals surface area contributed by atoms with E-state index in [0.29, 0.717) is 28.8 Å². The fourth-order valence-corrected chi connectivity index (χ4v) is 5.19. The van der Waals surface area contributed by atoms with Gasteiger partial charge in [-0.05, 0) is 54.3 Å². The molecule has 0 saturated heterocycles. The lowest BCUT2D eigenvalue weighted by atomic mass is 10.0. The zero-order valence-corrected chi connectivity index (χ0v) is 24.8. The van der Waals surface area contributed by atoms with E-state index < -0.39 is 6.04 Å². The summed E-state index contributed by atoms with van der Waals surface area (Å²) in [6, 6.07) is 22.5. The highest BCUT2D eigenvalue weighted by atomic mass is 79.9. The van der Waals surface area contributed by atoms with Gasteiger partial charge in [-0.3, -0.25) is 9.59 Å². The van der Waals surface area contributed by atoms with E-state index in [9.17, 15) is 9.59 Å². The number of rotatable bonds is 12. The van der Waals surface area contributed by atoms with Crippen molar-refractivity contribution in [3.63, 3.8) is 0 Å². The molecule has 2 atom stereocenters. The van der Waals surface area contributed by atoms with Gasteiger partial charge in [0.2, 0.25) is 11.8 Å². The maximum atomic E-state index is 13.7. The summed E-state index contributed by atoms with van der Waals surface area (Å²) in [5.41, 5.74) is 2.95. The molecule has 4 nitrogen and oxygen atoms in total. The van der Waals surface area contributed by atoms with E-state index >= 15 is 0 Å². The van der Waals surface area contributed by atoms with Crippen LogP contribution in [0.5, 0.6) is 0 Å². The number of halogens is 3. The van der Waals surface area contributed by atoms with Crippen LogP contribution in [0.2, 0.25) is 10.0 Å². The molecule has 0 spiro atoms. The Morgan fingerprint density at radius 1 is 0.946 bits per heavy atom. The lowest BCUT2D eigenvalue weighted by molar-refractivity contribution is -0.139. The normalized spacial score (nSPS) is 12.6. The number of carbonyl (C=O) groups is 2. The SMILES string of the molecule is CC[C@H](C)NC(=O)[C@H](Cc1ccccc1)N(Cc1ccc(Br)cc1)C(=O)CSCc1ccc(Cl)c(Cl)c1. The maximum Gasteiger partial charge on any atom is 0.243 e. The maximum absolute atomic E-state index is 13.7. The van der Waals surface area contributed by atoms with Crippen molar-refractivity contribution in [2.75, 3.05) is 5.75 Å². The van der Waals surface area contributed by atoms with Gasteiger partial charge in [-0.1, -0.05) is 94.6 Å². The third kappa shape index (κ3) is 9.36. The Balaban J connectivity index is 1.84. The smallest absolute Gasteiger partial charge is 0.243 e. The molecule has 0 unspecified atom stereocenters. The van der Waals surface area contributed by atoms with Crippen molar-refractivity contribution in [2.24, 2.45) is 0 Å². The molecule has 3 aromatic rings. The largest absolute Gasteiger partial charge is 0.352 e. The summed E-state index contributed by atoms with van der Waals surface area (Å²) in [6.45, 7) is 4.35. The second-order valence-electron chi connectivity index (χ2n) is 8.91. The van der Waals surface area contributed by atoms with E-state index in [1.54, 1.807) is 11.0 Å². The van der Waals surface area contributed by atoms with Crippen LogP contribution in [0.4, 0.5) is 0 Å². The molecule has 0 bridgehead atoms. The van der Waals surface area contributed by atoms with Gasteiger partial charge in [-0.25, -0.2) is 0 Å². The minimum Gasteiger partial charge on any atom is -0.352 e. The van der Waals surface area contributed by atoms with Gasteiger partial charge in [0.25, 0.3) is 0 Å². The molecule has 8 heteroatoms.